The summed E-state index contributed by atoms with van der Waals surface area (Å²) in [5.74, 6) is 0. The van der Waals surface area contributed by atoms with Gasteiger partial charge in [-0.2, -0.15) is 0 Å². The van der Waals surface area contributed by atoms with Gasteiger partial charge in [-0.15, -0.1) is 0 Å². The lowest BCUT2D eigenvalue weighted by Crippen LogP contribution is -2.02. The van der Waals surface area contributed by atoms with Crippen LogP contribution in [0.5, 0.6) is 0 Å². The molecule has 0 N–H and O–H groups in total. The molecule has 0 amide bonds. The molecule has 0 bridgehead atoms. The molecule has 0 saturated heterocycles. The molecule has 0 spiro atoms. The van der Waals surface area contributed by atoms with E-state index >= 15 is 0 Å². The van der Waals surface area contributed by atoms with Gasteiger partial charge in [-0.3, -0.25) is 4.98 Å². The van der Waals surface area contributed by atoms with Crippen molar-refractivity contribution in [2.75, 3.05) is 0 Å². The molecule has 1 aromatic heterocycles. The van der Waals surface area contributed by atoms with Gasteiger partial charge < -0.3 is 0 Å². The summed E-state index contributed by atoms with van der Waals surface area (Å²) in [4.78, 5) is 4.59. The molecule has 0 aliphatic rings. The van der Waals surface area contributed by atoms with Crippen molar-refractivity contribution in [3.05, 3.63) is 76.4 Å². The minimum atomic E-state index is -3.64. The van der Waals surface area contributed by atoms with Crippen LogP contribution in [0.1, 0.15) is 0 Å². The second kappa shape index (κ2) is 6.43. The lowest BCUT2D eigenvalue weighted by atomic mass is 10.1. The number of nitrogens with zero attached hydrogens (tertiary/aromatic N) is 1. The summed E-state index contributed by atoms with van der Waals surface area (Å²) in [6, 6.07) is 16.8. The number of rotatable bonds is 3. The largest absolute Gasteiger partial charge is 0.255 e. The van der Waals surface area contributed by atoms with Crippen molar-refractivity contribution in [1.82, 2.24) is 4.98 Å². The van der Waals surface area contributed by atoms with Crippen LogP contribution in [0.3, 0.4) is 0 Å². The molecule has 1 heterocycles. The maximum absolute atomic E-state index is 12.6. The molecule has 0 atom stereocenters. The standard InChI is InChI=1S/C17H11BrClNO2S/c18-13-7-8-16(20-11-13)12-6-9-17(15(19)10-12)23(21,22)14-4-2-1-3-5-14/h1-11H. The topological polar surface area (TPSA) is 47.0 Å². The van der Waals surface area contributed by atoms with Crippen molar-refractivity contribution < 1.29 is 8.42 Å². The normalized spacial score (nSPS) is 11.4. The molecule has 0 saturated carbocycles. The number of benzene rings is 2. The summed E-state index contributed by atoms with van der Waals surface area (Å²) in [5.41, 5.74) is 1.48. The molecule has 3 rings (SSSR count). The first-order chi connectivity index (χ1) is 11.0. The molecule has 6 heteroatoms. The highest BCUT2D eigenvalue weighted by atomic mass is 79.9. The Hall–Kier alpha value is -1.69. The van der Waals surface area contributed by atoms with Crippen LogP contribution in [-0.2, 0) is 9.84 Å². The molecule has 0 aliphatic heterocycles. The number of pyridine rings is 1. The minimum absolute atomic E-state index is 0.0891. The van der Waals surface area contributed by atoms with Crippen molar-refractivity contribution >= 4 is 37.4 Å². The highest BCUT2D eigenvalue weighted by Gasteiger charge is 2.21. The summed E-state index contributed by atoms with van der Waals surface area (Å²) in [6.07, 6.45) is 1.68. The summed E-state index contributed by atoms with van der Waals surface area (Å²) in [7, 11) is -3.64. The van der Waals surface area contributed by atoms with Gasteiger partial charge in [-0.1, -0.05) is 35.9 Å². The van der Waals surface area contributed by atoms with Gasteiger partial charge >= 0.3 is 0 Å². The van der Waals surface area contributed by atoms with Crippen molar-refractivity contribution in [1.29, 1.82) is 0 Å². The highest BCUT2D eigenvalue weighted by Crippen LogP contribution is 2.31. The average molecular weight is 409 g/mol. The van der Waals surface area contributed by atoms with E-state index in [0.29, 0.717) is 0 Å². The van der Waals surface area contributed by atoms with E-state index in [4.69, 9.17) is 11.6 Å². The van der Waals surface area contributed by atoms with E-state index in [0.717, 1.165) is 15.7 Å². The van der Waals surface area contributed by atoms with Crippen LogP contribution >= 0.6 is 27.5 Å². The predicted octanol–water partition coefficient (Wildman–Crippen LogP) is 5.00. The highest BCUT2D eigenvalue weighted by molar-refractivity contribution is 9.10. The van der Waals surface area contributed by atoms with Gasteiger partial charge in [0.2, 0.25) is 9.84 Å². The molecule has 0 fully saturated rings. The molecule has 3 aromatic rings. The Morgan fingerprint density at radius 3 is 2.30 bits per heavy atom. The lowest BCUT2D eigenvalue weighted by Gasteiger charge is -2.08. The van der Waals surface area contributed by atoms with Gasteiger partial charge in [0.25, 0.3) is 0 Å². The van der Waals surface area contributed by atoms with Crippen molar-refractivity contribution in [3.8, 4) is 11.3 Å². The maximum atomic E-state index is 12.6. The number of hydrogen-bond acceptors (Lipinski definition) is 3. The first kappa shape index (κ1) is 16.2. The monoisotopic (exact) mass is 407 g/mol. The van der Waals surface area contributed by atoms with E-state index in [-0.39, 0.29) is 14.8 Å². The summed E-state index contributed by atoms with van der Waals surface area (Å²) in [6.45, 7) is 0. The van der Waals surface area contributed by atoms with Crippen LogP contribution < -0.4 is 0 Å². The van der Waals surface area contributed by atoms with E-state index in [1.54, 1.807) is 48.7 Å². The maximum Gasteiger partial charge on any atom is 0.208 e. The van der Waals surface area contributed by atoms with E-state index < -0.39 is 9.84 Å². The third-order valence-corrected chi connectivity index (χ3v) is 6.02. The Labute approximate surface area is 148 Å². The van der Waals surface area contributed by atoms with Gasteiger partial charge in [-0.25, -0.2) is 8.42 Å². The van der Waals surface area contributed by atoms with E-state index in [1.807, 2.05) is 12.1 Å². The van der Waals surface area contributed by atoms with Gasteiger partial charge in [0.05, 0.1) is 20.5 Å². The molecular formula is C17H11BrClNO2S. The van der Waals surface area contributed by atoms with E-state index in [9.17, 15) is 8.42 Å². The second-order valence-electron chi connectivity index (χ2n) is 4.82. The van der Waals surface area contributed by atoms with E-state index in [1.165, 1.54) is 6.07 Å². The fourth-order valence-electron chi connectivity index (χ4n) is 2.15. The fraction of sp³-hybridized carbons (Fsp3) is 0. The molecule has 2 aromatic carbocycles. The van der Waals surface area contributed by atoms with Crippen LogP contribution in [0.15, 0.2) is 81.1 Å². The molecule has 0 radical (unpaired) electrons. The minimum Gasteiger partial charge on any atom is -0.255 e. The number of halogens is 2. The molecule has 3 nitrogen and oxygen atoms in total. The molecule has 0 aliphatic carbocycles. The van der Waals surface area contributed by atoms with Gasteiger partial charge in [0.15, 0.2) is 0 Å². The Balaban J connectivity index is 2.05. The molecule has 116 valence electrons. The summed E-state index contributed by atoms with van der Waals surface area (Å²) < 4.78 is 26.2. The SMILES string of the molecule is O=S(=O)(c1ccccc1)c1ccc(-c2ccc(Br)cn2)cc1Cl. The fourth-order valence-corrected chi connectivity index (χ4v) is 4.20. The second-order valence-corrected chi connectivity index (χ2v) is 8.06. The predicted molar refractivity (Wildman–Crippen MR) is 94.3 cm³/mol. The Kier molecular flexibility index (Phi) is 4.53. The van der Waals surface area contributed by atoms with Gasteiger partial charge in [0.1, 0.15) is 0 Å². The van der Waals surface area contributed by atoms with Crippen LogP contribution in [-0.4, -0.2) is 13.4 Å². The Bertz CT molecular complexity index is 942. The van der Waals surface area contributed by atoms with E-state index in [2.05, 4.69) is 20.9 Å². The third-order valence-electron chi connectivity index (χ3n) is 3.30. The Morgan fingerprint density at radius 2 is 1.70 bits per heavy atom. The van der Waals surface area contributed by atoms with Crippen molar-refractivity contribution in [2.45, 2.75) is 9.79 Å². The summed E-state index contributed by atoms with van der Waals surface area (Å²) in [5, 5.41) is 0.177. The summed E-state index contributed by atoms with van der Waals surface area (Å²) >= 11 is 9.56. The van der Waals surface area contributed by atoms with Crippen LogP contribution in [0.25, 0.3) is 11.3 Å². The van der Waals surface area contributed by atoms with Crippen LogP contribution in [0, 0.1) is 0 Å². The first-order valence-electron chi connectivity index (χ1n) is 6.70. The van der Waals surface area contributed by atoms with Crippen LogP contribution in [0.2, 0.25) is 5.02 Å². The first-order valence-corrected chi connectivity index (χ1v) is 9.35. The quantitative estimate of drug-likeness (QED) is 0.613. The molecule has 23 heavy (non-hydrogen) atoms. The van der Waals surface area contributed by atoms with Crippen LogP contribution in [0.4, 0.5) is 0 Å². The molecule has 0 unspecified atom stereocenters. The molecular weight excluding hydrogens is 398 g/mol. The smallest absolute Gasteiger partial charge is 0.208 e. The lowest BCUT2D eigenvalue weighted by molar-refractivity contribution is 0.596. The zero-order chi connectivity index (χ0) is 16.4. The van der Waals surface area contributed by atoms with Gasteiger partial charge in [0, 0.05) is 16.2 Å². The number of sulfone groups is 1. The van der Waals surface area contributed by atoms with Gasteiger partial charge in [-0.05, 0) is 52.3 Å². The Morgan fingerprint density at radius 1 is 0.957 bits per heavy atom. The average Bonchev–Trinajstić information content (AvgIpc) is 2.56. The van der Waals surface area contributed by atoms with Crippen molar-refractivity contribution in [2.24, 2.45) is 0 Å². The zero-order valence-electron chi connectivity index (χ0n) is 11.8. The zero-order valence-corrected chi connectivity index (χ0v) is 14.9. The van der Waals surface area contributed by atoms with Crippen molar-refractivity contribution in [3.63, 3.8) is 0 Å². The number of hydrogen-bond donors (Lipinski definition) is 0. The number of aromatic nitrogens is 1. The third kappa shape index (κ3) is 3.32.